The van der Waals surface area contributed by atoms with Gasteiger partial charge in [-0.15, -0.1) is 0 Å². The first kappa shape index (κ1) is 18.3. The second-order valence-corrected chi connectivity index (χ2v) is 5.18. The van der Waals surface area contributed by atoms with E-state index in [0.29, 0.717) is 32.2 Å². The summed E-state index contributed by atoms with van der Waals surface area (Å²) in [5.74, 6) is 0.626. The summed E-state index contributed by atoms with van der Waals surface area (Å²) in [6.07, 6.45) is 1.74. The number of hydrogen-bond donors (Lipinski definition) is 2. The number of guanidine groups is 1. The van der Waals surface area contributed by atoms with Gasteiger partial charge in [0.25, 0.3) is 5.69 Å². The lowest BCUT2D eigenvalue weighted by Crippen LogP contribution is -2.38. The Morgan fingerprint density at radius 3 is 2.68 bits per heavy atom. The Morgan fingerprint density at radius 2 is 2.04 bits per heavy atom. The molecule has 0 amide bonds. The fraction of sp³-hybridized carbons (Fsp3) is 0.294. The third-order valence-corrected chi connectivity index (χ3v) is 3.33. The minimum atomic E-state index is -0.417. The molecule has 1 aromatic carbocycles. The summed E-state index contributed by atoms with van der Waals surface area (Å²) in [6.45, 7) is 2.12. The minimum absolute atomic E-state index is 0.0689. The van der Waals surface area contributed by atoms with E-state index in [-0.39, 0.29) is 5.69 Å². The quantitative estimate of drug-likeness (QED) is 0.249. The van der Waals surface area contributed by atoms with Gasteiger partial charge in [0, 0.05) is 32.0 Å². The van der Waals surface area contributed by atoms with Gasteiger partial charge in [0.15, 0.2) is 5.96 Å². The van der Waals surface area contributed by atoms with Crippen LogP contribution in [0.25, 0.3) is 0 Å². The highest BCUT2D eigenvalue weighted by Gasteiger charge is 2.04. The van der Waals surface area contributed by atoms with Crippen LogP contribution in [0.2, 0.25) is 0 Å². The first-order valence-electron chi connectivity index (χ1n) is 7.83. The maximum absolute atomic E-state index is 10.7. The largest absolute Gasteiger partial charge is 0.383 e. The molecule has 2 aromatic rings. The molecule has 1 aromatic heterocycles. The second kappa shape index (κ2) is 9.99. The molecule has 0 aliphatic carbocycles. The van der Waals surface area contributed by atoms with Gasteiger partial charge < -0.3 is 15.4 Å². The number of nitrogens with zero attached hydrogens (tertiary/aromatic N) is 3. The standard InChI is InChI=1S/C17H21N5O3/c1-25-11-10-19-17(21-13-15-4-2-3-9-18-15)20-12-14-5-7-16(8-6-14)22(23)24/h2-9H,10-13H2,1H3,(H2,19,20,21). The number of methoxy groups -OCH3 is 1. The van der Waals surface area contributed by atoms with Crippen LogP contribution in [-0.2, 0) is 17.8 Å². The van der Waals surface area contributed by atoms with E-state index in [9.17, 15) is 10.1 Å². The van der Waals surface area contributed by atoms with E-state index >= 15 is 0 Å². The second-order valence-electron chi connectivity index (χ2n) is 5.18. The molecule has 25 heavy (non-hydrogen) atoms. The summed E-state index contributed by atoms with van der Waals surface area (Å²) in [5, 5.41) is 17.1. The first-order chi connectivity index (χ1) is 12.2. The van der Waals surface area contributed by atoms with Crippen LogP contribution < -0.4 is 10.6 Å². The van der Waals surface area contributed by atoms with Crippen molar-refractivity contribution in [3.05, 3.63) is 70.0 Å². The number of aliphatic imine (C=N–C) groups is 1. The Morgan fingerprint density at radius 1 is 1.24 bits per heavy atom. The molecule has 1 heterocycles. The van der Waals surface area contributed by atoms with Crippen molar-refractivity contribution in [2.75, 3.05) is 20.3 Å². The van der Waals surface area contributed by atoms with Gasteiger partial charge in [-0.3, -0.25) is 15.1 Å². The average molecular weight is 343 g/mol. The Labute approximate surface area is 146 Å². The van der Waals surface area contributed by atoms with Crippen molar-refractivity contribution in [1.82, 2.24) is 15.6 Å². The molecule has 2 N–H and O–H groups in total. The predicted molar refractivity (Wildman–Crippen MR) is 95.2 cm³/mol. The zero-order chi connectivity index (χ0) is 17.9. The maximum Gasteiger partial charge on any atom is 0.269 e. The molecule has 8 nitrogen and oxygen atoms in total. The van der Waals surface area contributed by atoms with Crippen molar-refractivity contribution in [3.63, 3.8) is 0 Å². The van der Waals surface area contributed by atoms with Gasteiger partial charge in [0.2, 0.25) is 0 Å². The van der Waals surface area contributed by atoms with Gasteiger partial charge in [0.1, 0.15) is 0 Å². The number of benzene rings is 1. The predicted octanol–water partition coefficient (Wildman–Crippen LogP) is 1.87. The molecule has 0 spiro atoms. The number of rotatable bonds is 8. The van der Waals surface area contributed by atoms with E-state index < -0.39 is 4.92 Å². The van der Waals surface area contributed by atoms with Crippen LogP contribution in [0.4, 0.5) is 5.69 Å². The van der Waals surface area contributed by atoms with Gasteiger partial charge in [-0.2, -0.15) is 0 Å². The van der Waals surface area contributed by atoms with Crippen molar-refractivity contribution >= 4 is 11.6 Å². The molecular weight excluding hydrogens is 322 g/mol. The monoisotopic (exact) mass is 343 g/mol. The zero-order valence-corrected chi connectivity index (χ0v) is 14.0. The van der Waals surface area contributed by atoms with Crippen molar-refractivity contribution in [1.29, 1.82) is 0 Å². The summed E-state index contributed by atoms with van der Waals surface area (Å²) in [4.78, 5) is 19.0. The van der Waals surface area contributed by atoms with E-state index in [1.807, 2.05) is 18.2 Å². The lowest BCUT2D eigenvalue weighted by Gasteiger charge is -2.12. The van der Waals surface area contributed by atoms with E-state index in [4.69, 9.17) is 4.74 Å². The normalized spacial score (nSPS) is 11.2. The van der Waals surface area contributed by atoms with Crippen LogP contribution in [0.3, 0.4) is 0 Å². The lowest BCUT2D eigenvalue weighted by molar-refractivity contribution is -0.384. The summed E-state index contributed by atoms with van der Waals surface area (Å²) in [7, 11) is 1.64. The van der Waals surface area contributed by atoms with Crippen LogP contribution in [0, 0.1) is 10.1 Å². The Balaban J connectivity index is 1.97. The molecule has 0 aliphatic rings. The number of nitrogens with one attached hydrogen (secondary N) is 2. The van der Waals surface area contributed by atoms with Crippen LogP contribution >= 0.6 is 0 Å². The van der Waals surface area contributed by atoms with Crippen LogP contribution in [0.15, 0.2) is 53.7 Å². The Kier molecular flexibility index (Phi) is 7.33. The molecule has 8 heteroatoms. The summed E-state index contributed by atoms with van der Waals surface area (Å²) in [5.41, 5.74) is 1.86. The van der Waals surface area contributed by atoms with Gasteiger partial charge >= 0.3 is 0 Å². The maximum atomic E-state index is 10.7. The van der Waals surface area contributed by atoms with Crippen LogP contribution in [0.1, 0.15) is 11.3 Å². The number of nitro benzene ring substituents is 1. The molecular formula is C17H21N5O3. The fourth-order valence-corrected chi connectivity index (χ4v) is 2.02. The summed E-state index contributed by atoms with van der Waals surface area (Å²) < 4.78 is 5.03. The van der Waals surface area contributed by atoms with Crippen LogP contribution in [0.5, 0.6) is 0 Å². The molecule has 0 bridgehead atoms. The van der Waals surface area contributed by atoms with Crippen LogP contribution in [-0.4, -0.2) is 36.1 Å². The molecule has 0 atom stereocenters. The highest BCUT2D eigenvalue weighted by Crippen LogP contribution is 2.12. The molecule has 0 radical (unpaired) electrons. The van der Waals surface area contributed by atoms with Gasteiger partial charge in [-0.05, 0) is 17.7 Å². The minimum Gasteiger partial charge on any atom is -0.383 e. The van der Waals surface area contributed by atoms with Crippen molar-refractivity contribution < 1.29 is 9.66 Å². The third kappa shape index (κ3) is 6.56. The molecule has 0 fully saturated rings. The van der Waals surface area contributed by atoms with E-state index in [2.05, 4.69) is 20.6 Å². The third-order valence-electron chi connectivity index (χ3n) is 3.33. The molecule has 0 saturated heterocycles. The fourth-order valence-electron chi connectivity index (χ4n) is 2.02. The summed E-state index contributed by atoms with van der Waals surface area (Å²) in [6, 6.07) is 12.1. The SMILES string of the molecule is COCCNC(=NCc1ccc([N+](=O)[O-])cc1)NCc1ccccn1. The molecule has 0 unspecified atom stereocenters. The number of pyridine rings is 1. The first-order valence-corrected chi connectivity index (χ1v) is 7.83. The Bertz CT molecular complexity index is 689. The van der Waals surface area contributed by atoms with Gasteiger partial charge in [-0.1, -0.05) is 18.2 Å². The topological polar surface area (TPSA) is 102 Å². The molecule has 0 saturated carbocycles. The smallest absolute Gasteiger partial charge is 0.269 e. The van der Waals surface area contributed by atoms with Crippen molar-refractivity contribution in [2.24, 2.45) is 4.99 Å². The van der Waals surface area contributed by atoms with E-state index in [1.54, 1.807) is 25.4 Å². The van der Waals surface area contributed by atoms with E-state index in [1.165, 1.54) is 12.1 Å². The van der Waals surface area contributed by atoms with Crippen molar-refractivity contribution in [3.8, 4) is 0 Å². The molecule has 0 aliphatic heterocycles. The highest BCUT2D eigenvalue weighted by atomic mass is 16.6. The number of non-ortho nitro benzene ring substituents is 1. The number of hydrogen-bond acceptors (Lipinski definition) is 5. The Hall–Kier alpha value is -3.00. The molecule has 2 rings (SSSR count). The van der Waals surface area contributed by atoms with E-state index in [0.717, 1.165) is 11.3 Å². The summed E-state index contributed by atoms with van der Waals surface area (Å²) >= 11 is 0. The lowest BCUT2D eigenvalue weighted by atomic mass is 10.2. The number of ether oxygens (including phenoxy) is 1. The van der Waals surface area contributed by atoms with Crippen molar-refractivity contribution in [2.45, 2.75) is 13.1 Å². The average Bonchev–Trinajstić information content (AvgIpc) is 2.65. The molecule has 132 valence electrons. The van der Waals surface area contributed by atoms with Gasteiger partial charge in [0.05, 0.1) is 30.3 Å². The number of nitro groups is 1. The van der Waals surface area contributed by atoms with Gasteiger partial charge in [-0.25, -0.2) is 4.99 Å². The highest BCUT2D eigenvalue weighted by molar-refractivity contribution is 5.79. The zero-order valence-electron chi connectivity index (χ0n) is 14.0. The number of aromatic nitrogens is 1.